The molecule has 0 N–H and O–H groups in total. The summed E-state index contributed by atoms with van der Waals surface area (Å²) in [6, 6.07) is 9.99. The number of hydrogen-bond donors (Lipinski definition) is 0. The van der Waals surface area contributed by atoms with E-state index in [0.29, 0.717) is 6.61 Å². The van der Waals surface area contributed by atoms with Gasteiger partial charge in [-0.05, 0) is 19.1 Å². The van der Waals surface area contributed by atoms with Crippen LogP contribution in [0.2, 0.25) is 0 Å². The lowest BCUT2D eigenvalue weighted by atomic mass is 10.3. The van der Waals surface area contributed by atoms with Gasteiger partial charge in [0, 0.05) is 7.05 Å². The van der Waals surface area contributed by atoms with E-state index in [4.69, 9.17) is 4.84 Å². The molecule has 0 spiro atoms. The molecule has 2 nitrogen and oxygen atoms in total. The summed E-state index contributed by atoms with van der Waals surface area (Å²) in [6.07, 6.45) is 0. The molecule has 1 rings (SSSR count). The maximum Gasteiger partial charge on any atom is 0.0720 e. The van der Waals surface area contributed by atoms with Crippen molar-refractivity contribution in [2.75, 3.05) is 18.7 Å². The van der Waals surface area contributed by atoms with E-state index in [1.165, 1.54) is 0 Å². The first kappa shape index (κ1) is 8.08. The second-order valence-corrected chi connectivity index (χ2v) is 2.25. The van der Waals surface area contributed by atoms with Crippen LogP contribution in [0, 0.1) is 0 Å². The topological polar surface area (TPSA) is 12.5 Å². The third kappa shape index (κ3) is 2.24. The predicted octanol–water partition coefficient (Wildman–Crippen LogP) is 2.07. The molecule has 11 heavy (non-hydrogen) atoms. The zero-order valence-corrected chi connectivity index (χ0v) is 6.95. The maximum atomic E-state index is 5.26. The molecule has 1 aromatic rings. The molecule has 0 unspecified atom stereocenters. The number of anilines is 1. The van der Waals surface area contributed by atoms with Crippen LogP contribution in [0.5, 0.6) is 0 Å². The number of para-hydroxylation sites is 1. The molecule has 2 heteroatoms. The third-order valence-corrected chi connectivity index (χ3v) is 1.44. The Bertz CT molecular complexity index is 198. The van der Waals surface area contributed by atoms with Crippen molar-refractivity contribution in [3.63, 3.8) is 0 Å². The molecule has 0 aromatic heterocycles. The number of hydroxylamine groups is 1. The molecule has 0 saturated carbocycles. The summed E-state index contributed by atoms with van der Waals surface area (Å²) >= 11 is 0. The third-order valence-electron chi connectivity index (χ3n) is 1.44. The molecule has 0 amide bonds. The summed E-state index contributed by atoms with van der Waals surface area (Å²) in [6.45, 7) is 2.67. The molecule has 0 aliphatic rings. The molecule has 0 fully saturated rings. The van der Waals surface area contributed by atoms with Crippen molar-refractivity contribution in [1.82, 2.24) is 0 Å². The van der Waals surface area contributed by atoms with E-state index in [2.05, 4.69) is 0 Å². The number of nitrogens with zero attached hydrogens (tertiary/aromatic N) is 1. The van der Waals surface area contributed by atoms with Gasteiger partial charge in [-0.25, -0.2) is 0 Å². The molecule has 0 heterocycles. The molecular weight excluding hydrogens is 138 g/mol. The maximum absolute atomic E-state index is 5.26. The van der Waals surface area contributed by atoms with E-state index in [-0.39, 0.29) is 0 Å². The van der Waals surface area contributed by atoms with Gasteiger partial charge in [0.15, 0.2) is 0 Å². The molecule has 0 aliphatic carbocycles. The van der Waals surface area contributed by atoms with Gasteiger partial charge in [0.25, 0.3) is 0 Å². The first-order valence-corrected chi connectivity index (χ1v) is 3.76. The van der Waals surface area contributed by atoms with E-state index >= 15 is 0 Å². The average molecular weight is 151 g/mol. The van der Waals surface area contributed by atoms with E-state index in [1.54, 1.807) is 5.06 Å². The quantitative estimate of drug-likeness (QED) is 0.613. The molecule has 60 valence electrons. The number of hydrogen-bond acceptors (Lipinski definition) is 2. The van der Waals surface area contributed by atoms with Gasteiger partial charge in [0.2, 0.25) is 0 Å². The summed E-state index contributed by atoms with van der Waals surface area (Å²) in [5, 5.41) is 1.76. The highest BCUT2D eigenvalue weighted by molar-refractivity contribution is 5.42. The van der Waals surface area contributed by atoms with Crippen LogP contribution < -0.4 is 5.06 Å². The second kappa shape index (κ2) is 3.98. The Morgan fingerprint density at radius 3 is 2.45 bits per heavy atom. The van der Waals surface area contributed by atoms with E-state index in [9.17, 15) is 0 Å². The minimum atomic E-state index is 0.700. The van der Waals surface area contributed by atoms with Crippen molar-refractivity contribution in [3.05, 3.63) is 30.3 Å². The molecular formula is C9H13NO. The molecule has 0 aliphatic heterocycles. The largest absolute Gasteiger partial charge is 0.274 e. The van der Waals surface area contributed by atoms with Gasteiger partial charge in [-0.3, -0.25) is 9.90 Å². The first-order chi connectivity index (χ1) is 5.34. The summed E-state index contributed by atoms with van der Waals surface area (Å²) < 4.78 is 0. The highest BCUT2D eigenvalue weighted by Gasteiger charge is 1.95. The fourth-order valence-corrected chi connectivity index (χ4v) is 0.906. The lowest BCUT2D eigenvalue weighted by Crippen LogP contribution is -2.16. The van der Waals surface area contributed by atoms with Crippen molar-refractivity contribution >= 4 is 5.69 Å². The predicted molar refractivity (Wildman–Crippen MR) is 46.5 cm³/mol. The van der Waals surface area contributed by atoms with Gasteiger partial charge in [-0.15, -0.1) is 0 Å². The van der Waals surface area contributed by atoms with Gasteiger partial charge < -0.3 is 0 Å². The highest BCUT2D eigenvalue weighted by atomic mass is 16.7. The summed E-state index contributed by atoms with van der Waals surface area (Å²) in [5.41, 5.74) is 1.08. The van der Waals surface area contributed by atoms with Gasteiger partial charge in [-0.1, -0.05) is 18.2 Å². The van der Waals surface area contributed by atoms with Crippen LogP contribution in [0.4, 0.5) is 5.69 Å². The second-order valence-electron chi connectivity index (χ2n) is 2.25. The smallest absolute Gasteiger partial charge is 0.0720 e. The SMILES string of the molecule is CCON(C)c1ccccc1. The number of rotatable bonds is 3. The minimum absolute atomic E-state index is 0.700. The molecule has 1 aromatic carbocycles. The number of benzene rings is 1. The van der Waals surface area contributed by atoms with Crippen LogP contribution in [0.15, 0.2) is 30.3 Å². The van der Waals surface area contributed by atoms with Crippen molar-refractivity contribution in [2.24, 2.45) is 0 Å². The van der Waals surface area contributed by atoms with Crippen LogP contribution in [0.3, 0.4) is 0 Å². The van der Waals surface area contributed by atoms with Gasteiger partial charge in [0.05, 0.1) is 12.3 Å². The van der Waals surface area contributed by atoms with Gasteiger partial charge >= 0.3 is 0 Å². The monoisotopic (exact) mass is 151 g/mol. The Morgan fingerprint density at radius 2 is 1.91 bits per heavy atom. The highest BCUT2D eigenvalue weighted by Crippen LogP contribution is 2.10. The van der Waals surface area contributed by atoms with E-state index in [0.717, 1.165) is 5.69 Å². The Kier molecular flexibility index (Phi) is 2.93. The minimum Gasteiger partial charge on any atom is -0.274 e. The molecule has 0 saturated heterocycles. The Morgan fingerprint density at radius 1 is 1.27 bits per heavy atom. The summed E-state index contributed by atoms with van der Waals surface area (Å²) in [7, 11) is 1.90. The Balaban J connectivity index is 2.61. The van der Waals surface area contributed by atoms with Crippen molar-refractivity contribution in [1.29, 1.82) is 0 Å². The first-order valence-electron chi connectivity index (χ1n) is 3.76. The van der Waals surface area contributed by atoms with Gasteiger partial charge in [-0.2, -0.15) is 0 Å². The average Bonchev–Trinajstić information content (AvgIpc) is 2.07. The molecule has 0 bridgehead atoms. The standard InChI is InChI=1S/C9H13NO/c1-3-11-10(2)9-7-5-4-6-8-9/h4-8H,3H2,1-2H3. The van der Waals surface area contributed by atoms with Crippen LogP contribution in [0.25, 0.3) is 0 Å². The normalized spacial score (nSPS) is 9.64. The zero-order chi connectivity index (χ0) is 8.10. The molecule has 0 radical (unpaired) electrons. The molecule has 0 atom stereocenters. The van der Waals surface area contributed by atoms with E-state index < -0.39 is 0 Å². The van der Waals surface area contributed by atoms with Crippen LogP contribution >= 0.6 is 0 Å². The van der Waals surface area contributed by atoms with Crippen LogP contribution in [0.1, 0.15) is 6.92 Å². The van der Waals surface area contributed by atoms with Crippen molar-refractivity contribution in [3.8, 4) is 0 Å². The lowest BCUT2D eigenvalue weighted by molar-refractivity contribution is 0.135. The van der Waals surface area contributed by atoms with Crippen molar-refractivity contribution < 1.29 is 4.84 Å². The van der Waals surface area contributed by atoms with Crippen LogP contribution in [-0.2, 0) is 4.84 Å². The Labute approximate surface area is 67.4 Å². The van der Waals surface area contributed by atoms with E-state index in [1.807, 2.05) is 44.3 Å². The lowest BCUT2D eigenvalue weighted by Gasteiger charge is -2.16. The fourth-order valence-electron chi connectivity index (χ4n) is 0.906. The summed E-state index contributed by atoms with van der Waals surface area (Å²) in [5.74, 6) is 0. The zero-order valence-electron chi connectivity index (χ0n) is 6.95. The van der Waals surface area contributed by atoms with Gasteiger partial charge in [0.1, 0.15) is 0 Å². The van der Waals surface area contributed by atoms with Crippen molar-refractivity contribution in [2.45, 2.75) is 6.92 Å². The fraction of sp³-hybridized carbons (Fsp3) is 0.333. The van der Waals surface area contributed by atoms with Crippen LogP contribution in [-0.4, -0.2) is 13.7 Å². The summed E-state index contributed by atoms with van der Waals surface area (Å²) in [4.78, 5) is 5.26. The Hall–Kier alpha value is -1.02.